The summed E-state index contributed by atoms with van der Waals surface area (Å²) in [5, 5.41) is 18.0. The summed E-state index contributed by atoms with van der Waals surface area (Å²) in [6.07, 6.45) is 0. The van der Waals surface area contributed by atoms with Crippen molar-refractivity contribution < 1.29 is 0 Å². The first-order valence-electron chi connectivity index (χ1n) is 19.1. The van der Waals surface area contributed by atoms with Crippen LogP contribution in [0.2, 0.25) is 0 Å². The minimum absolute atomic E-state index is 1.19. The van der Waals surface area contributed by atoms with Gasteiger partial charge in [-0.2, -0.15) is 0 Å². The first kappa shape index (κ1) is 30.3. The summed E-state index contributed by atoms with van der Waals surface area (Å²) in [6, 6.07) is 74.0. The zero-order valence-electron chi connectivity index (χ0n) is 30.0. The number of rotatable bonds is 3. The zero-order chi connectivity index (χ0) is 36.0. The van der Waals surface area contributed by atoms with Gasteiger partial charge >= 0.3 is 0 Å². The fourth-order valence-corrected chi connectivity index (χ4v) is 9.56. The van der Waals surface area contributed by atoms with Gasteiger partial charge in [-0.15, -0.1) is 0 Å². The Morgan fingerprint density at radius 3 is 1.35 bits per heavy atom. The first-order chi connectivity index (χ1) is 27.3. The van der Waals surface area contributed by atoms with Crippen LogP contribution in [-0.2, 0) is 0 Å². The van der Waals surface area contributed by atoms with E-state index in [4.69, 9.17) is 0 Å². The molecule has 0 saturated carbocycles. The summed E-state index contributed by atoms with van der Waals surface area (Å²) in [5.41, 5.74) is 8.52. The molecule has 0 aliphatic heterocycles. The van der Waals surface area contributed by atoms with Gasteiger partial charge in [-0.05, 0) is 112 Å². The SMILES string of the molecule is c1ccc(-c2ccc(-n3c4ccccc4c4cc(-c5ccc6c7ccccc7c7c8ccccc8c8ccccc8c7c6c5)ccc43)c3ccccc23)cc1. The molecular weight excluding hydrogens is 663 g/mol. The molecule has 1 nitrogen and oxygen atoms in total. The molecule has 0 amide bonds. The summed E-state index contributed by atoms with van der Waals surface area (Å²) in [7, 11) is 0. The van der Waals surface area contributed by atoms with Crippen LogP contribution in [0.1, 0.15) is 0 Å². The highest BCUT2D eigenvalue weighted by Crippen LogP contribution is 2.45. The van der Waals surface area contributed by atoms with Crippen LogP contribution < -0.4 is 0 Å². The van der Waals surface area contributed by atoms with Crippen LogP contribution in [0.15, 0.2) is 200 Å². The molecule has 0 bridgehead atoms. The van der Waals surface area contributed by atoms with Crippen LogP contribution in [0.3, 0.4) is 0 Å². The van der Waals surface area contributed by atoms with Crippen LogP contribution in [0.4, 0.5) is 0 Å². The molecule has 0 atom stereocenters. The number of para-hydroxylation sites is 1. The number of nitrogens with zero attached hydrogens (tertiary/aromatic N) is 1. The zero-order valence-corrected chi connectivity index (χ0v) is 30.0. The van der Waals surface area contributed by atoms with Crippen molar-refractivity contribution in [1.29, 1.82) is 0 Å². The largest absolute Gasteiger partial charge is 0.309 e. The molecule has 0 N–H and O–H groups in total. The second-order valence-corrected chi connectivity index (χ2v) is 14.8. The van der Waals surface area contributed by atoms with Gasteiger partial charge in [0.2, 0.25) is 0 Å². The number of hydrogen-bond donors (Lipinski definition) is 0. The number of benzene rings is 11. The molecule has 0 aliphatic carbocycles. The van der Waals surface area contributed by atoms with E-state index in [1.54, 1.807) is 0 Å². The minimum atomic E-state index is 1.19. The van der Waals surface area contributed by atoms with E-state index in [0.29, 0.717) is 0 Å². The summed E-state index contributed by atoms with van der Waals surface area (Å²) in [4.78, 5) is 0. The summed E-state index contributed by atoms with van der Waals surface area (Å²) < 4.78 is 2.46. The van der Waals surface area contributed by atoms with Crippen molar-refractivity contribution in [3.63, 3.8) is 0 Å². The number of aromatic nitrogens is 1. The predicted molar refractivity (Wildman–Crippen MR) is 237 cm³/mol. The Labute approximate surface area is 317 Å². The molecule has 55 heavy (non-hydrogen) atoms. The highest BCUT2D eigenvalue weighted by molar-refractivity contribution is 6.39. The van der Waals surface area contributed by atoms with Crippen molar-refractivity contribution >= 4 is 86.4 Å². The van der Waals surface area contributed by atoms with Gasteiger partial charge in [-0.25, -0.2) is 0 Å². The lowest BCUT2D eigenvalue weighted by Crippen LogP contribution is -1.96. The summed E-state index contributed by atoms with van der Waals surface area (Å²) >= 11 is 0. The molecular formula is C54H33N. The van der Waals surface area contributed by atoms with Gasteiger partial charge in [0.25, 0.3) is 0 Å². The molecule has 0 spiro atoms. The Balaban J connectivity index is 1.12. The lowest BCUT2D eigenvalue weighted by Gasteiger charge is -2.17. The molecule has 0 radical (unpaired) electrons. The molecule has 12 aromatic rings. The maximum Gasteiger partial charge on any atom is 0.0541 e. The normalized spacial score (nSPS) is 12.0. The Hall–Kier alpha value is -7.22. The Morgan fingerprint density at radius 1 is 0.236 bits per heavy atom. The Morgan fingerprint density at radius 2 is 0.691 bits per heavy atom. The molecule has 0 aliphatic rings. The van der Waals surface area contributed by atoms with Crippen molar-refractivity contribution in [1.82, 2.24) is 4.57 Å². The predicted octanol–water partition coefficient (Wildman–Crippen LogP) is 15.0. The molecule has 1 heterocycles. The van der Waals surface area contributed by atoms with Gasteiger partial charge in [0.05, 0.1) is 16.7 Å². The third-order valence-electron chi connectivity index (χ3n) is 11.9. The van der Waals surface area contributed by atoms with E-state index in [2.05, 4.69) is 205 Å². The minimum Gasteiger partial charge on any atom is -0.309 e. The van der Waals surface area contributed by atoms with Crippen LogP contribution >= 0.6 is 0 Å². The topological polar surface area (TPSA) is 4.93 Å². The van der Waals surface area contributed by atoms with E-state index in [-0.39, 0.29) is 0 Å². The van der Waals surface area contributed by atoms with E-state index in [9.17, 15) is 0 Å². The Kier molecular flexibility index (Phi) is 6.40. The van der Waals surface area contributed by atoms with Gasteiger partial charge in [-0.1, -0.05) is 170 Å². The Bertz CT molecular complexity index is 3520. The highest BCUT2D eigenvalue weighted by atomic mass is 15.0. The number of fused-ring (bicyclic) bond motifs is 15. The van der Waals surface area contributed by atoms with Crippen molar-refractivity contribution in [2.24, 2.45) is 0 Å². The average molecular weight is 696 g/mol. The molecule has 0 saturated heterocycles. The molecule has 0 fully saturated rings. The number of hydrogen-bond acceptors (Lipinski definition) is 0. The van der Waals surface area contributed by atoms with E-state index in [0.717, 1.165) is 0 Å². The van der Waals surface area contributed by atoms with Gasteiger partial charge in [-0.3, -0.25) is 0 Å². The fourth-order valence-electron chi connectivity index (χ4n) is 9.56. The standard InChI is InChI=1S/C54H33N/c1-2-14-34(15-3-1)37-29-31-51(43-20-8-4-16-38(37)43)55-50-25-13-12-21-44(50)48-32-36(27-30-52(48)55)35-26-28-42-41-19-7-10-23-46(41)53-45-22-9-5-17-39(45)40-18-6-11-24-47(40)54(53)49(42)33-35/h1-33H. The smallest absolute Gasteiger partial charge is 0.0541 e. The maximum absolute atomic E-state index is 2.46. The van der Waals surface area contributed by atoms with Gasteiger partial charge in [0.1, 0.15) is 0 Å². The van der Waals surface area contributed by atoms with Crippen LogP contribution in [0.5, 0.6) is 0 Å². The van der Waals surface area contributed by atoms with E-state index in [1.807, 2.05) is 0 Å². The van der Waals surface area contributed by atoms with Crippen LogP contribution in [-0.4, -0.2) is 4.57 Å². The first-order valence-corrected chi connectivity index (χ1v) is 19.1. The summed E-state index contributed by atoms with van der Waals surface area (Å²) in [6.45, 7) is 0. The van der Waals surface area contributed by atoms with Crippen molar-refractivity contribution in [3.05, 3.63) is 200 Å². The van der Waals surface area contributed by atoms with Crippen molar-refractivity contribution in [2.75, 3.05) is 0 Å². The third kappa shape index (κ3) is 4.35. The second-order valence-electron chi connectivity index (χ2n) is 14.8. The third-order valence-corrected chi connectivity index (χ3v) is 11.9. The van der Waals surface area contributed by atoms with Gasteiger partial charge in [0, 0.05) is 16.2 Å². The molecule has 1 heteroatoms. The quantitative estimate of drug-likeness (QED) is 0.162. The average Bonchev–Trinajstić information content (AvgIpc) is 3.59. The highest BCUT2D eigenvalue weighted by Gasteiger charge is 2.19. The van der Waals surface area contributed by atoms with Gasteiger partial charge < -0.3 is 4.57 Å². The fraction of sp³-hybridized carbons (Fsp3) is 0. The van der Waals surface area contributed by atoms with Gasteiger partial charge in [0.15, 0.2) is 0 Å². The molecule has 254 valence electrons. The van der Waals surface area contributed by atoms with Crippen molar-refractivity contribution in [3.8, 4) is 27.9 Å². The lowest BCUT2D eigenvalue weighted by atomic mass is 9.86. The van der Waals surface area contributed by atoms with E-state index >= 15 is 0 Å². The second kappa shape index (κ2) is 11.6. The molecule has 1 aromatic heterocycles. The monoisotopic (exact) mass is 695 g/mol. The van der Waals surface area contributed by atoms with Crippen molar-refractivity contribution in [2.45, 2.75) is 0 Å². The molecule has 11 aromatic carbocycles. The van der Waals surface area contributed by atoms with E-state index < -0.39 is 0 Å². The lowest BCUT2D eigenvalue weighted by molar-refractivity contribution is 1.20. The summed E-state index contributed by atoms with van der Waals surface area (Å²) in [5.74, 6) is 0. The maximum atomic E-state index is 2.46. The molecule has 12 rings (SSSR count). The van der Waals surface area contributed by atoms with Crippen LogP contribution in [0, 0.1) is 0 Å². The van der Waals surface area contributed by atoms with E-state index in [1.165, 1.54) is 114 Å². The van der Waals surface area contributed by atoms with Crippen LogP contribution in [0.25, 0.3) is 114 Å². The molecule has 0 unspecified atom stereocenters.